The number of hydrogen-bond acceptors (Lipinski definition) is 4. The largest absolute Gasteiger partial charge is 0.384 e. The van der Waals surface area contributed by atoms with Crippen LogP contribution in [0.15, 0.2) is 30.6 Å². The van der Waals surface area contributed by atoms with Crippen LogP contribution in [-0.4, -0.2) is 39.9 Å². The molecule has 3 heterocycles. The second kappa shape index (κ2) is 7.67. The van der Waals surface area contributed by atoms with Crippen molar-refractivity contribution < 1.29 is 4.74 Å². The first-order valence-corrected chi connectivity index (χ1v) is 9.49. The Kier molecular flexibility index (Phi) is 5.13. The third-order valence-electron chi connectivity index (χ3n) is 5.53. The van der Waals surface area contributed by atoms with Crippen molar-refractivity contribution in [1.29, 1.82) is 0 Å². The van der Waals surface area contributed by atoms with Crippen molar-refractivity contribution in [2.45, 2.75) is 51.2 Å². The Labute approximate surface area is 150 Å². The van der Waals surface area contributed by atoms with Crippen LogP contribution >= 0.6 is 0 Å². The van der Waals surface area contributed by atoms with Crippen molar-refractivity contribution in [3.05, 3.63) is 47.5 Å². The Bertz CT molecular complexity index is 678. The molecule has 0 radical (unpaired) electrons. The first-order valence-electron chi connectivity index (χ1n) is 9.49. The quantitative estimate of drug-likeness (QED) is 0.810. The van der Waals surface area contributed by atoms with Crippen LogP contribution in [0, 0.1) is 5.92 Å². The zero-order valence-corrected chi connectivity index (χ0v) is 15.1. The average molecular weight is 340 g/mol. The van der Waals surface area contributed by atoms with Crippen molar-refractivity contribution in [2.75, 3.05) is 20.3 Å². The number of fused-ring (bicyclic) bond motifs is 1. The van der Waals surface area contributed by atoms with Crippen LogP contribution in [0.25, 0.3) is 0 Å². The molecule has 2 aromatic rings. The summed E-state index contributed by atoms with van der Waals surface area (Å²) in [6.45, 7) is 4.63. The van der Waals surface area contributed by atoms with Gasteiger partial charge in [-0.25, -0.2) is 0 Å². The van der Waals surface area contributed by atoms with Gasteiger partial charge in [-0.3, -0.25) is 14.6 Å². The molecule has 2 aliphatic rings. The highest BCUT2D eigenvalue weighted by Gasteiger charge is 2.29. The Morgan fingerprint density at radius 2 is 2.12 bits per heavy atom. The molecule has 0 amide bonds. The molecule has 0 bridgehead atoms. The summed E-state index contributed by atoms with van der Waals surface area (Å²) in [6.07, 6.45) is 9.64. The predicted molar refractivity (Wildman–Crippen MR) is 97.2 cm³/mol. The van der Waals surface area contributed by atoms with E-state index < -0.39 is 0 Å². The molecule has 25 heavy (non-hydrogen) atoms. The van der Waals surface area contributed by atoms with E-state index in [1.54, 1.807) is 7.11 Å². The maximum absolute atomic E-state index is 5.49. The highest BCUT2D eigenvalue weighted by Crippen LogP contribution is 2.30. The first-order chi connectivity index (χ1) is 12.3. The highest BCUT2D eigenvalue weighted by molar-refractivity contribution is 5.25. The standard InChI is InChI=1S/C20H28N4O/c1-25-15-18-12-23(14-19-8-4-5-9-21-19)11-17-13-24(22-20(17)18)10-16-6-2-3-7-16/h4-5,8-9,13,16,18H,2-3,6-7,10-12,14-15H2,1H3. The van der Waals surface area contributed by atoms with Gasteiger partial charge in [0.2, 0.25) is 0 Å². The summed E-state index contributed by atoms with van der Waals surface area (Å²) in [5.41, 5.74) is 3.74. The SMILES string of the molecule is COCC1CN(Cc2ccccn2)Cc2cn(CC3CCCC3)nc21. The van der Waals surface area contributed by atoms with Gasteiger partial charge in [0.1, 0.15) is 0 Å². The summed E-state index contributed by atoms with van der Waals surface area (Å²) >= 11 is 0. The molecule has 1 atom stereocenters. The van der Waals surface area contributed by atoms with Crippen LogP contribution in [0.5, 0.6) is 0 Å². The second-order valence-corrected chi connectivity index (χ2v) is 7.56. The fourth-order valence-corrected chi connectivity index (χ4v) is 4.37. The molecule has 1 saturated carbocycles. The molecule has 5 heteroatoms. The van der Waals surface area contributed by atoms with E-state index in [1.807, 2.05) is 12.3 Å². The molecule has 1 aliphatic heterocycles. The van der Waals surface area contributed by atoms with E-state index in [9.17, 15) is 0 Å². The second-order valence-electron chi connectivity index (χ2n) is 7.56. The summed E-state index contributed by atoms with van der Waals surface area (Å²) in [5.74, 6) is 1.16. The van der Waals surface area contributed by atoms with E-state index in [1.165, 1.54) is 36.9 Å². The molecule has 2 aromatic heterocycles. The zero-order valence-electron chi connectivity index (χ0n) is 15.1. The molecule has 1 aliphatic carbocycles. The zero-order chi connectivity index (χ0) is 17.1. The van der Waals surface area contributed by atoms with E-state index in [0.717, 1.165) is 44.4 Å². The van der Waals surface area contributed by atoms with Gasteiger partial charge in [-0.1, -0.05) is 18.9 Å². The van der Waals surface area contributed by atoms with Crippen molar-refractivity contribution in [3.8, 4) is 0 Å². The Hall–Kier alpha value is -1.72. The van der Waals surface area contributed by atoms with Crippen molar-refractivity contribution >= 4 is 0 Å². The minimum Gasteiger partial charge on any atom is -0.384 e. The molecule has 134 valence electrons. The first kappa shape index (κ1) is 16.7. The lowest BCUT2D eigenvalue weighted by Gasteiger charge is -2.31. The van der Waals surface area contributed by atoms with E-state index in [2.05, 4.69) is 32.9 Å². The monoisotopic (exact) mass is 340 g/mol. The topological polar surface area (TPSA) is 43.2 Å². The van der Waals surface area contributed by atoms with Gasteiger partial charge in [0.05, 0.1) is 18.0 Å². The molecule has 4 rings (SSSR count). The van der Waals surface area contributed by atoms with Crippen LogP contribution in [-0.2, 0) is 24.4 Å². The van der Waals surface area contributed by atoms with Crippen LogP contribution in [0.2, 0.25) is 0 Å². The van der Waals surface area contributed by atoms with E-state index >= 15 is 0 Å². The Morgan fingerprint density at radius 1 is 1.24 bits per heavy atom. The van der Waals surface area contributed by atoms with Crippen LogP contribution < -0.4 is 0 Å². The Balaban J connectivity index is 1.50. The number of aromatic nitrogens is 3. The van der Waals surface area contributed by atoms with Crippen LogP contribution in [0.1, 0.15) is 48.6 Å². The van der Waals surface area contributed by atoms with Gasteiger partial charge in [-0.2, -0.15) is 5.10 Å². The van der Waals surface area contributed by atoms with Gasteiger partial charge in [-0.15, -0.1) is 0 Å². The number of nitrogens with zero attached hydrogens (tertiary/aromatic N) is 4. The molecule has 0 spiro atoms. The molecular weight excluding hydrogens is 312 g/mol. The highest BCUT2D eigenvalue weighted by atomic mass is 16.5. The molecule has 0 N–H and O–H groups in total. The number of methoxy groups -OCH3 is 1. The van der Waals surface area contributed by atoms with Gasteiger partial charge < -0.3 is 4.74 Å². The summed E-state index contributed by atoms with van der Waals surface area (Å²) in [6, 6.07) is 6.13. The van der Waals surface area contributed by atoms with E-state index in [-0.39, 0.29) is 0 Å². The van der Waals surface area contributed by atoms with Gasteiger partial charge >= 0.3 is 0 Å². The van der Waals surface area contributed by atoms with Crippen LogP contribution in [0.3, 0.4) is 0 Å². The number of hydrogen-bond donors (Lipinski definition) is 0. The predicted octanol–water partition coefficient (Wildman–Crippen LogP) is 3.21. The summed E-state index contributed by atoms with van der Waals surface area (Å²) in [7, 11) is 1.78. The number of ether oxygens (including phenoxy) is 1. The lowest BCUT2D eigenvalue weighted by Crippen LogP contribution is -2.34. The smallest absolute Gasteiger partial charge is 0.0736 e. The summed E-state index contributed by atoms with van der Waals surface area (Å²) in [4.78, 5) is 6.95. The summed E-state index contributed by atoms with van der Waals surface area (Å²) in [5, 5.41) is 4.95. The fraction of sp³-hybridized carbons (Fsp3) is 0.600. The van der Waals surface area contributed by atoms with Gasteiger partial charge in [0.25, 0.3) is 0 Å². The molecular formula is C20H28N4O. The molecule has 0 saturated heterocycles. The van der Waals surface area contributed by atoms with Gasteiger partial charge in [0.15, 0.2) is 0 Å². The third kappa shape index (κ3) is 3.93. The maximum Gasteiger partial charge on any atom is 0.0736 e. The number of pyridine rings is 1. The van der Waals surface area contributed by atoms with Crippen molar-refractivity contribution in [1.82, 2.24) is 19.7 Å². The minimum atomic E-state index is 0.349. The van der Waals surface area contributed by atoms with E-state index in [4.69, 9.17) is 9.84 Å². The molecule has 5 nitrogen and oxygen atoms in total. The molecule has 0 aromatic carbocycles. The maximum atomic E-state index is 5.49. The van der Waals surface area contributed by atoms with Crippen molar-refractivity contribution in [2.24, 2.45) is 5.92 Å². The average Bonchev–Trinajstić information content (AvgIpc) is 3.26. The Morgan fingerprint density at radius 3 is 2.88 bits per heavy atom. The molecule has 1 unspecified atom stereocenters. The third-order valence-corrected chi connectivity index (χ3v) is 5.53. The van der Waals surface area contributed by atoms with Crippen LogP contribution in [0.4, 0.5) is 0 Å². The normalized spacial score (nSPS) is 21.6. The van der Waals surface area contributed by atoms with E-state index in [0.29, 0.717) is 5.92 Å². The number of rotatable bonds is 6. The van der Waals surface area contributed by atoms with Gasteiger partial charge in [0, 0.05) is 57.2 Å². The van der Waals surface area contributed by atoms with Crippen molar-refractivity contribution in [3.63, 3.8) is 0 Å². The van der Waals surface area contributed by atoms with Gasteiger partial charge in [-0.05, 0) is 30.9 Å². The minimum absolute atomic E-state index is 0.349. The fourth-order valence-electron chi connectivity index (χ4n) is 4.37. The lowest BCUT2D eigenvalue weighted by molar-refractivity contribution is 0.134. The lowest BCUT2D eigenvalue weighted by atomic mass is 9.97. The summed E-state index contributed by atoms with van der Waals surface area (Å²) < 4.78 is 7.69. The molecule has 1 fully saturated rings.